The summed E-state index contributed by atoms with van der Waals surface area (Å²) in [4.78, 5) is 44.4. The molecule has 0 radical (unpaired) electrons. The molecule has 4 atom stereocenters. The molecule has 0 saturated carbocycles. The van der Waals surface area contributed by atoms with Crippen molar-refractivity contribution in [3.05, 3.63) is 23.3 Å². The van der Waals surface area contributed by atoms with Gasteiger partial charge in [0.15, 0.2) is 5.13 Å². The van der Waals surface area contributed by atoms with Crippen LogP contribution in [0.15, 0.2) is 18.5 Å². The van der Waals surface area contributed by atoms with E-state index in [0.717, 1.165) is 24.4 Å². The molecule has 0 aliphatic carbocycles. The highest BCUT2D eigenvalue weighted by Crippen LogP contribution is 2.24. The fraction of sp³-hybridized carbons (Fsp3) is 0.609. The molecule has 196 valence electrons. The van der Waals surface area contributed by atoms with Crippen LogP contribution in [-0.4, -0.2) is 95.5 Å². The molecule has 4 heterocycles. The second-order valence-electron chi connectivity index (χ2n) is 9.47. The molecular weight excluding hydrogens is 487 g/mol. The molecule has 2 N–H and O–H groups in total. The van der Waals surface area contributed by atoms with Crippen molar-refractivity contribution in [1.82, 2.24) is 24.8 Å². The van der Waals surface area contributed by atoms with E-state index in [0.29, 0.717) is 23.4 Å². The zero-order valence-corrected chi connectivity index (χ0v) is 21.8. The van der Waals surface area contributed by atoms with Gasteiger partial charge >= 0.3 is 12.1 Å². The SMILES string of the molecule is Cc1cnc(NC(=O)N(C)[C@H]2CN(c3nccc(NC(=O)O[C@@H]4CCN(C)C[C@@H]4C)n3)CC[C@H]2F)s1. The molecule has 13 heteroatoms. The number of nitrogens with one attached hydrogen (secondary N) is 2. The van der Waals surface area contributed by atoms with Crippen LogP contribution < -0.4 is 15.5 Å². The maximum absolute atomic E-state index is 14.8. The van der Waals surface area contributed by atoms with Gasteiger partial charge in [-0.15, -0.1) is 11.3 Å². The van der Waals surface area contributed by atoms with E-state index in [4.69, 9.17) is 4.74 Å². The summed E-state index contributed by atoms with van der Waals surface area (Å²) in [7, 11) is 3.62. The number of likely N-dealkylation sites (tertiary alicyclic amines) is 1. The number of piperidine rings is 2. The maximum Gasteiger partial charge on any atom is 0.413 e. The molecule has 0 bridgehead atoms. The van der Waals surface area contributed by atoms with Crippen LogP contribution in [0.5, 0.6) is 0 Å². The van der Waals surface area contributed by atoms with E-state index in [1.54, 1.807) is 19.3 Å². The minimum absolute atomic E-state index is 0.151. The number of aromatic nitrogens is 3. The van der Waals surface area contributed by atoms with Gasteiger partial charge in [0.05, 0.1) is 6.04 Å². The number of ether oxygens (including phenoxy) is 1. The molecule has 11 nitrogen and oxygen atoms in total. The molecule has 3 amide bonds. The van der Waals surface area contributed by atoms with Crippen LogP contribution in [0, 0.1) is 12.8 Å². The summed E-state index contributed by atoms with van der Waals surface area (Å²) < 4.78 is 20.5. The quantitative estimate of drug-likeness (QED) is 0.618. The van der Waals surface area contributed by atoms with Gasteiger partial charge in [-0.25, -0.2) is 23.9 Å². The number of aryl methyl sites for hydroxylation is 1. The normalized spacial score (nSPS) is 24.8. The number of carbonyl (C=O) groups is 2. The lowest BCUT2D eigenvalue weighted by molar-refractivity contribution is 0.0284. The van der Waals surface area contributed by atoms with Crippen molar-refractivity contribution in [3.63, 3.8) is 0 Å². The van der Waals surface area contributed by atoms with Crippen molar-refractivity contribution in [2.24, 2.45) is 5.92 Å². The van der Waals surface area contributed by atoms with E-state index in [-0.39, 0.29) is 25.0 Å². The summed E-state index contributed by atoms with van der Waals surface area (Å²) in [6.45, 7) is 6.31. The first-order valence-corrected chi connectivity index (χ1v) is 12.9. The third-order valence-electron chi connectivity index (χ3n) is 6.60. The van der Waals surface area contributed by atoms with Crippen LogP contribution in [0.25, 0.3) is 0 Å². The zero-order chi connectivity index (χ0) is 25.8. The molecule has 2 saturated heterocycles. The minimum Gasteiger partial charge on any atom is -0.446 e. The molecule has 2 aromatic rings. The summed E-state index contributed by atoms with van der Waals surface area (Å²) in [5.74, 6) is 0.889. The topological polar surface area (TPSA) is 116 Å². The monoisotopic (exact) mass is 520 g/mol. The van der Waals surface area contributed by atoms with E-state index in [2.05, 4.69) is 44.5 Å². The molecule has 4 rings (SSSR count). The Bertz CT molecular complexity index is 1070. The highest BCUT2D eigenvalue weighted by Gasteiger charge is 2.35. The Morgan fingerprint density at radius 3 is 2.75 bits per heavy atom. The second-order valence-corrected chi connectivity index (χ2v) is 10.7. The molecule has 36 heavy (non-hydrogen) atoms. The lowest BCUT2D eigenvalue weighted by atomic mass is 9.97. The standard InChI is InChI=1S/C23H33FN8O3S/c1-14-12-30(3)9-7-18(14)35-23(34)28-19-5-8-25-20(27-19)32-10-6-16(24)17(13-32)31(4)22(33)29-21-26-11-15(2)36-21/h5,8,11,14,16-18H,6-7,9-10,12-13H2,1-4H3,(H,26,29,33)(H,25,27,28,34)/t14-,16+,17-,18+/m0/s1. The van der Waals surface area contributed by atoms with Crippen molar-refractivity contribution in [3.8, 4) is 0 Å². The molecule has 0 aromatic carbocycles. The number of thiazole rings is 1. The van der Waals surface area contributed by atoms with Gasteiger partial charge in [-0.1, -0.05) is 6.92 Å². The predicted octanol–water partition coefficient (Wildman–Crippen LogP) is 3.21. The minimum atomic E-state index is -1.19. The molecule has 2 aromatic heterocycles. The van der Waals surface area contributed by atoms with Gasteiger partial charge in [0.2, 0.25) is 5.95 Å². The number of hydrogen-bond acceptors (Lipinski definition) is 9. The van der Waals surface area contributed by atoms with Gasteiger partial charge in [0.1, 0.15) is 18.1 Å². The Morgan fingerprint density at radius 2 is 2.03 bits per heavy atom. The molecule has 0 spiro atoms. The molecular formula is C23H33FN8O3S. The number of hydrogen-bond donors (Lipinski definition) is 2. The van der Waals surface area contributed by atoms with E-state index in [1.807, 2.05) is 11.8 Å². The van der Waals surface area contributed by atoms with Crippen LogP contribution in [0.4, 0.5) is 30.9 Å². The molecule has 2 fully saturated rings. The Morgan fingerprint density at radius 1 is 1.22 bits per heavy atom. The average Bonchev–Trinajstić information content (AvgIpc) is 3.25. The van der Waals surface area contributed by atoms with Gasteiger partial charge in [-0.2, -0.15) is 4.98 Å². The Hall–Kier alpha value is -3.06. The van der Waals surface area contributed by atoms with Crippen molar-refractivity contribution >= 4 is 40.4 Å². The smallest absolute Gasteiger partial charge is 0.413 e. The number of nitrogens with zero attached hydrogens (tertiary/aromatic N) is 6. The first-order valence-electron chi connectivity index (χ1n) is 12.0. The third-order valence-corrected chi connectivity index (χ3v) is 7.42. The van der Waals surface area contributed by atoms with E-state index < -0.39 is 24.3 Å². The van der Waals surface area contributed by atoms with Crippen molar-refractivity contribution < 1.29 is 18.7 Å². The lowest BCUT2D eigenvalue weighted by Gasteiger charge is -2.39. The molecule has 0 unspecified atom stereocenters. The van der Waals surface area contributed by atoms with Crippen molar-refractivity contribution in [1.29, 1.82) is 0 Å². The highest BCUT2D eigenvalue weighted by atomic mass is 32.1. The lowest BCUT2D eigenvalue weighted by Crippen LogP contribution is -2.55. The van der Waals surface area contributed by atoms with Gasteiger partial charge in [0, 0.05) is 56.4 Å². The van der Waals surface area contributed by atoms with Gasteiger partial charge in [-0.3, -0.25) is 10.6 Å². The van der Waals surface area contributed by atoms with Crippen LogP contribution in [0.1, 0.15) is 24.6 Å². The fourth-order valence-corrected chi connectivity index (χ4v) is 5.20. The van der Waals surface area contributed by atoms with Gasteiger partial charge in [-0.05, 0) is 32.9 Å². The van der Waals surface area contributed by atoms with E-state index in [1.165, 1.54) is 22.4 Å². The van der Waals surface area contributed by atoms with E-state index >= 15 is 0 Å². The van der Waals surface area contributed by atoms with Gasteiger partial charge in [0.25, 0.3) is 0 Å². The number of halogens is 1. The number of alkyl halides is 1. The van der Waals surface area contributed by atoms with Crippen molar-refractivity contribution in [2.75, 3.05) is 55.8 Å². The highest BCUT2D eigenvalue weighted by molar-refractivity contribution is 7.15. The zero-order valence-electron chi connectivity index (χ0n) is 21.0. The summed E-state index contributed by atoms with van der Waals surface area (Å²) in [5, 5.41) is 5.87. The number of amides is 3. The van der Waals surface area contributed by atoms with Crippen LogP contribution >= 0.6 is 11.3 Å². The Labute approximate surface area is 214 Å². The number of carbonyl (C=O) groups excluding carboxylic acids is 2. The number of urea groups is 1. The molecule has 2 aliphatic rings. The summed E-state index contributed by atoms with van der Waals surface area (Å²) in [6.07, 6.45) is 2.30. The number of likely N-dealkylation sites (N-methyl/N-ethyl adjacent to an activating group) is 1. The Kier molecular flexibility index (Phi) is 8.19. The van der Waals surface area contributed by atoms with E-state index in [9.17, 15) is 14.0 Å². The molecule has 2 aliphatic heterocycles. The summed E-state index contributed by atoms with van der Waals surface area (Å²) in [5.41, 5.74) is 0. The maximum atomic E-state index is 14.8. The fourth-order valence-electron chi connectivity index (χ4n) is 4.54. The first kappa shape index (κ1) is 26.0. The summed E-state index contributed by atoms with van der Waals surface area (Å²) in [6, 6.07) is 0.453. The first-order chi connectivity index (χ1) is 17.2. The Balaban J connectivity index is 1.36. The predicted molar refractivity (Wildman–Crippen MR) is 136 cm³/mol. The van der Waals surface area contributed by atoms with Crippen LogP contribution in [0.2, 0.25) is 0 Å². The van der Waals surface area contributed by atoms with Gasteiger partial charge < -0.3 is 19.4 Å². The second kappa shape index (κ2) is 11.3. The number of rotatable bonds is 5. The summed E-state index contributed by atoms with van der Waals surface area (Å²) >= 11 is 1.35. The van der Waals surface area contributed by atoms with Crippen LogP contribution in [0.3, 0.4) is 0 Å². The third kappa shape index (κ3) is 6.38. The largest absolute Gasteiger partial charge is 0.446 e. The number of anilines is 3. The van der Waals surface area contributed by atoms with Crippen molar-refractivity contribution in [2.45, 2.75) is 45.0 Å². The van der Waals surface area contributed by atoms with Crippen LogP contribution in [-0.2, 0) is 4.74 Å². The average molecular weight is 521 g/mol.